The number of aliphatic hydroxyl groups excluding tert-OH is 1. The molecule has 0 unspecified atom stereocenters. The quantitative estimate of drug-likeness (QED) is 0.843. The van der Waals surface area contributed by atoms with Gasteiger partial charge in [0.25, 0.3) is 6.17 Å². The van der Waals surface area contributed by atoms with Crippen molar-refractivity contribution in [1.29, 1.82) is 0 Å². The summed E-state index contributed by atoms with van der Waals surface area (Å²) in [6.45, 7) is -0.231. The number of alkyl halides is 6. The van der Waals surface area contributed by atoms with Crippen LogP contribution in [0.5, 0.6) is 5.75 Å². The Kier molecular flexibility index (Phi) is 5.04. The molecule has 0 aliphatic carbocycles. The van der Waals surface area contributed by atoms with Crippen molar-refractivity contribution in [3.63, 3.8) is 0 Å². The zero-order valence-electron chi connectivity index (χ0n) is 9.87. The van der Waals surface area contributed by atoms with Crippen LogP contribution < -0.4 is 4.74 Å². The second-order valence-corrected chi connectivity index (χ2v) is 3.72. The Balaban J connectivity index is 2.80. The second-order valence-electron chi connectivity index (χ2n) is 3.72. The SMILES string of the molecule is OCC=Cc1ccc(OC(F)(F)[C@H](F)C(F)(F)F)cc1. The highest BCUT2D eigenvalue weighted by molar-refractivity contribution is 5.50. The number of hydrogen-bond acceptors (Lipinski definition) is 2. The van der Waals surface area contributed by atoms with E-state index in [1.165, 1.54) is 24.3 Å². The molecule has 112 valence electrons. The zero-order valence-corrected chi connectivity index (χ0v) is 9.87. The minimum Gasteiger partial charge on any atom is -0.430 e. The summed E-state index contributed by atoms with van der Waals surface area (Å²) in [6.07, 6.45) is -12.3. The fourth-order valence-electron chi connectivity index (χ4n) is 1.24. The maximum Gasteiger partial charge on any atom is 0.439 e. The molecule has 1 aromatic carbocycles. The van der Waals surface area contributed by atoms with Crippen LogP contribution in [-0.4, -0.2) is 30.2 Å². The minimum atomic E-state index is -5.71. The number of aliphatic hydroxyl groups is 1. The molecule has 0 saturated heterocycles. The van der Waals surface area contributed by atoms with Crippen LogP contribution in [0.4, 0.5) is 26.3 Å². The first kappa shape index (κ1) is 16.4. The Morgan fingerprint density at radius 2 is 1.65 bits per heavy atom. The van der Waals surface area contributed by atoms with Gasteiger partial charge in [-0.05, 0) is 17.7 Å². The number of benzene rings is 1. The van der Waals surface area contributed by atoms with E-state index in [-0.39, 0.29) is 6.61 Å². The molecule has 0 saturated carbocycles. The highest BCUT2D eigenvalue weighted by Gasteiger charge is 2.59. The Hall–Kier alpha value is -1.70. The van der Waals surface area contributed by atoms with Gasteiger partial charge < -0.3 is 9.84 Å². The number of rotatable bonds is 5. The first-order valence-corrected chi connectivity index (χ1v) is 5.32. The van der Waals surface area contributed by atoms with Crippen LogP contribution in [0.1, 0.15) is 5.56 Å². The molecule has 2 nitrogen and oxygen atoms in total. The largest absolute Gasteiger partial charge is 0.439 e. The number of halogens is 6. The van der Waals surface area contributed by atoms with E-state index in [0.29, 0.717) is 5.56 Å². The van der Waals surface area contributed by atoms with Crippen molar-refractivity contribution in [2.24, 2.45) is 0 Å². The van der Waals surface area contributed by atoms with Gasteiger partial charge in [0.15, 0.2) is 0 Å². The van der Waals surface area contributed by atoms with Gasteiger partial charge in [-0.1, -0.05) is 24.3 Å². The van der Waals surface area contributed by atoms with Gasteiger partial charge in [0.05, 0.1) is 6.61 Å². The summed E-state index contributed by atoms with van der Waals surface area (Å²) < 4.78 is 77.9. The Bertz CT molecular complexity index is 452. The van der Waals surface area contributed by atoms with E-state index in [0.717, 1.165) is 12.1 Å². The summed E-state index contributed by atoms with van der Waals surface area (Å²) in [6, 6.07) is 4.46. The molecule has 1 N–H and O–H groups in total. The van der Waals surface area contributed by atoms with Gasteiger partial charge in [-0.25, -0.2) is 4.39 Å². The highest BCUT2D eigenvalue weighted by atomic mass is 19.4. The molecule has 1 atom stereocenters. The average molecular weight is 300 g/mol. The zero-order chi connectivity index (χ0) is 15.4. The Labute approximate surface area is 110 Å². The van der Waals surface area contributed by atoms with Gasteiger partial charge in [0.1, 0.15) is 5.75 Å². The molecule has 0 spiro atoms. The van der Waals surface area contributed by atoms with Crippen molar-refractivity contribution in [3.05, 3.63) is 35.9 Å². The monoisotopic (exact) mass is 300 g/mol. The fourth-order valence-corrected chi connectivity index (χ4v) is 1.24. The molecule has 0 aromatic heterocycles. The molecule has 0 heterocycles. The minimum absolute atomic E-state index is 0.231. The molecular formula is C12H10F6O2. The van der Waals surface area contributed by atoms with E-state index < -0.39 is 24.2 Å². The summed E-state index contributed by atoms with van der Waals surface area (Å²) in [5.74, 6) is -0.608. The van der Waals surface area contributed by atoms with Crippen molar-refractivity contribution in [2.45, 2.75) is 18.5 Å². The molecule has 0 aliphatic heterocycles. The summed E-state index contributed by atoms with van der Waals surface area (Å²) >= 11 is 0. The predicted octanol–water partition coefficient (Wildman–Crippen LogP) is 3.56. The number of hydrogen-bond donors (Lipinski definition) is 1. The summed E-state index contributed by atoms with van der Waals surface area (Å²) in [4.78, 5) is 0. The van der Waals surface area contributed by atoms with Gasteiger partial charge in [-0.15, -0.1) is 0 Å². The van der Waals surface area contributed by atoms with E-state index >= 15 is 0 Å². The van der Waals surface area contributed by atoms with E-state index in [1.807, 2.05) is 0 Å². The van der Waals surface area contributed by atoms with Crippen molar-refractivity contribution < 1.29 is 36.2 Å². The van der Waals surface area contributed by atoms with Crippen molar-refractivity contribution >= 4 is 6.08 Å². The normalized spacial score (nSPS) is 14.6. The van der Waals surface area contributed by atoms with Gasteiger partial charge >= 0.3 is 12.3 Å². The Morgan fingerprint density at radius 3 is 2.10 bits per heavy atom. The van der Waals surface area contributed by atoms with Gasteiger partial charge in [-0.2, -0.15) is 22.0 Å². The van der Waals surface area contributed by atoms with Crippen molar-refractivity contribution in [2.75, 3.05) is 6.61 Å². The molecule has 0 fully saturated rings. The summed E-state index contributed by atoms with van der Waals surface area (Å²) in [7, 11) is 0. The number of ether oxygens (including phenoxy) is 1. The molecule has 0 radical (unpaired) electrons. The first-order chi connectivity index (χ1) is 9.16. The van der Waals surface area contributed by atoms with Crippen LogP contribution in [0.15, 0.2) is 30.3 Å². The lowest BCUT2D eigenvalue weighted by molar-refractivity contribution is -0.304. The first-order valence-electron chi connectivity index (χ1n) is 5.32. The third-order valence-electron chi connectivity index (χ3n) is 2.13. The Morgan fingerprint density at radius 1 is 1.10 bits per heavy atom. The summed E-state index contributed by atoms with van der Waals surface area (Å²) in [5, 5.41) is 8.51. The van der Waals surface area contributed by atoms with Crippen LogP contribution in [-0.2, 0) is 0 Å². The molecule has 0 amide bonds. The maximum absolute atomic E-state index is 12.9. The van der Waals surface area contributed by atoms with Gasteiger partial charge in [-0.3, -0.25) is 0 Å². The molecule has 20 heavy (non-hydrogen) atoms. The molecular weight excluding hydrogens is 290 g/mol. The van der Waals surface area contributed by atoms with E-state index in [4.69, 9.17) is 5.11 Å². The molecule has 1 aromatic rings. The predicted molar refractivity (Wildman–Crippen MR) is 59.1 cm³/mol. The topological polar surface area (TPSA) is 29.5 Å². The molecule has 8 heteroatoms. The smallest absolute Gasteiger partial charge is 0.430 e. The third kappa shape index (κ3) is 4.44. The van der Waals surface area contributed by atoms with E-state index in [9.17, 15) is 26.3 Å². The lowest BCUT2D eigenvalue weighted by Gasteiger charge is -2.23. The van der Waals surface area contributed by atoms with Crippen molar-refractivity contribution in [1.82, 2.24) is 0 Å². The molecule has 0 aliphatic rings. The standard InChI is InChI=1S/C12H10F6O2/c13-10(11(14,15)16)12(17,18)20-9-5-3-8(4-6-9)2-1-7-19/h1-6,10,19H,7H2/t10-/m1/s1. The van der Waals surface area contributed by atoms with E-state index in [1.54, 1.807) is 0 Å². The lowest BCUT2D eigenvalue weighted by Crippen LogP contribution is -2.45. The van der Waals surface area contributed by atoms with Gasteiger partial charge in [0, 0.05) is 0 Å². The van der Waals surface area contributed by atoms with E-state index in [2.05, 4.69) is 4.74 Å². The lowest BCUT2D eigenvalue weighted by atomic mass is 10.2. The van der Waals surface area contributed by atoms with Crippen LogP contribution in [0, 0.1) is 0 Å². The van der Waals surface area contributed by atoms with Crippen LogP contribution in [0.2, 0.25) is 0 Å². The van der Waals surface area contributed by atoms with Crippen LogP contribution >= 0.6 is 0 Å². The fraction of sp³-hybridized carbons (Fsp3) is 0.333. The van der Waals surface area contributed by atoms with Crippen LogP contribution in [0.25, 0.3) is 6.08 Å². The van der Waals surface area contributed by atoms with Gasteiger partial charge in [0.2, 0.25) is 0 Å². The summed E-state index contributed by atoms with van der Waals surface area (Å²) in [5.41, 5.74) is 0.502. The maximum atomic E-state index is 12.9. The molecule has 0 bridgehead atoms. The van der Waals surface area contributed by atoms with Crippen molar-refractivity contribution in [3.8, 4) is 5.75 Å². The second kappa shape index (κ2) is 6.17. The highest BCUT2D eigenvalue weighted by Crippen LogP contribution is 2.36. The third-order valence-corrected chi connectivity index (χ3v) is 2.13. The average Bonchev–Trinajstić information content (AvgIpc) is 2.35. The van der Waals surface area contributed by atoms with Crippen LogP contribution in [0.3, 0.4) is 0 Å². The molecule has 1 rings (SSSR count).